The maximum Gasteiger partial charge on any atom is 0.242 e. The van der Waals surface area contributed by atoms with Gasteiger partial charge >= 0.3 is 0 Å². The number of hydrogen-bond donors (Lipinski definition) is 6. The van der Waals surface area contributed by atoms with Crippen LogP contribution in [0, 0.1) is 22.7 Å². The lowest BCUT2D eigenvalue weighted by atomic mass is 9.53. The van der Waals surface area contributed by atoms with Gasteiger partial charge in [0.15, 0.2) is 11.9 Å². The molecule has 0 radical (unpaired) electrons. The van der Waals surface area contributed by atoms with Crippen molar-refractivity contribution < 1.29 is 35.0 Å². The van der Waals surface area contributed by atoms with E-state index in [4.69, 9.17) is 5.11 Å². The van der Waals surface area contributed by atoms with Crippen molar-refractivity contribution in [3.8, 4) is 0 Å². The number of quaternary nitrogens is 2. The molecule has 0 aliphatic carbocycles. The second-order valence-electron chi connectivity index (χ2n) is 9.18. The maximum absolute atomic E-state index is 13.5. The van der Waals surface area contributed by atoms with Crippen molar-refractivity contribution >= 4 is 5.78 Å². The first-order chi connectivity index (χ1) is 11.6. The SMILES string of the molecule is CC(C)C12C[NH+]3CC(C(C)C)(C[NH+](C1)C3[C@@H](O)[C@@H](O)[C@H](O)CO)C2=O. The molecular weight excluding hydrogens is 324 g/mol. The molecule has 7 nitrogen and oxygen atoms in total. The standard InChI is InChI=1S/C18H32N2O5/c1-10(2)17-6-19-8-18(11(3)4,16(17)25)9-20(7-17)15(19)14(24)13(23)12(22)5-21/h10-15,21-24H,5-9H2,1-4H3/p+2/t12-,13+,14+,15?,17?,18?/m1/s1. The molecule has 144 valence electrons. The summed E-state index contributed by atoms with van der Waals surface area (Å²) in [6, 6.07) is 0. The molecule has 7 heteroatoms. The molecule has 4 aliphatic rings. The third kappa shape index (κ3) is 2.51. The number of carbonyl (C=O) groups excluding carboxylic acids is 1. The number of Topliss-reactive ketones (excluding diaryl/α,β-unsaturated/α-hetero) is 1. The van der Waals surface area contributed by atoms with Gasteiger partial charge in [-0.2, -0.15) is 0 Å². The fraction of sp³-hybridized carbons (Fsp3) is 0.944. The Morgan fingerprint density at radius 3 is 1.68 bits per heavy atom. The summed E-state index contributed by atoms with van der Waals surface area (Å²) in [6.45, 7) is 10.5. The van der Waals surface area contributed by atoms with E-state index < -0.39 is 24.9 Å². The van der Waals surface area contributed by atoms with Gasteiger partial charge < -0.3 is 20.4 Å². The monoisotopic (exact) mass is 358 g/mol. The smallest absolute Gasteiger partial charge is 0.242 e. The topological polar surface area (TPSA) is 107 Å². The van der Waals surface area contributed by atoms with Crippen LogP contribution in [0.3, 0.4) is 0 Å². The van der Waals surface area contributed by atoms with Crippen LogP contribution >= 0.6 is 0 Å². The second kappa shape index (κ2) is 6.25. The van der Waals surface area contributed by atoms with E-state index in [-0.39, 0.29) is 28.8 Å². The van der Waals surface area contributed by atoms with Gasteiger partial charge in [-0.3, -0.25) is 14.6 Å². The summed E-state index contributed by atoms with van der Waals surface area (Å²) in [5.74, 6) is 0.853. The van der Waals surface area contributed by atoms with E-state index in [1.54, 1.807) is 0 Å². The lowest BCUT2D eigenvalue weighted by Gasteiger charge is -2.63. The van der Waals surface area contributed by atoms with Crippen molar-refractivity contribution in [2.24, 2.45) is 22.7 Å². The van der Waals surface area contributed by atoms with Gasteiger partial charge in [0, 0.05) is 0 Å². The fourth-order valence-electron chi connectivity index (χ4n) is 5.77. The highest BCUT2D eigenvalue weighted by atomic mass is 16.4. The molecule has 4 rings (SSSR count). The van der Waals surface area contributed by atoms with Gasteiger partial charge in [-0.05, 0) is 11.8 Å². The van der Waals surface area contributed by atoms with Crippen LogP contribution < -0.4 is 9.80 Å². The highest BCUT2D eigenvalue weighted by Gasteiger charge is 2.73. The van der Waals surface area contributed by atoms with E-state index >= 15 is 0 Å². The summed E-state index contributed by atoms with van der Waals surface area (Å²) in [5.41, 5.74) is -0.746. The van der Waals surface area contributed by atoms with Crippen LogP contribution in [-0.4, -0.2) is 83.5 Å². The van der Waals surface area contributed by atoms with Crippen LogP contribution in [0.1, 0.15) is 27.7 Å². The Morgan fingerprint density at radius 2 is 1.36 bits per heavy atom. The largest absolute Gasteiger partial charge is 0.394 e. The molecule has 25 heavy (non-hydrogen) atoms. The molecule has 0 aromatic rings. The molecule has 0 spiro atoms. The van der Waals surface area contributed by atoms with Crippen molar-refractivity contribution in [2.45, 2.75) is 52.2 Å². The maximum atomic E-state index is 13.5. The number of aliphatic hydroxyl groups excluding tert-OH is 4. The van der Waals surface area contributed by atoms with Gasteiger partial charge in [0.1, 0.15) is 49.2 Å². The highest BCUT2D eigenvalue weighted by molar-refractivity contribution is 5.92. The fourth-order valence-corrected chi connectivity index (χ4v) is 5.77. The number of aliphatic hydroxyl groups is 4. The van der Waals surface area contributed by atoms with E-state index in [9.17, 15) is 20.1 Å². The van der Waals surface area contributed by atoms with Crippen LogP contribution in [0.2, 0.25) is 0 Å². The predicted molar refractivity (Wildman–Crippen MR) is 89.8 cm³/mol. The molecule has 0 amide bonds. The average molecular weight is 358 g/mol. The summed E-state index contributed by atoms with van der Waals surface area (Å²) in [6.07, 6.45) is -4.14. The lowest BCUT2D eigenvalue weighted by Crippen LogP contribution is -3.46. The lowest BCUT2D eigenvalue weighted by molar-refractivity contribution is -1.17. The molecule has 4 saturated heterocycles. The predicted octanol–water partition coefficient (Wildman–Crippen LogP) is -3.95. The summed E-state index contributed by atoms with van der Waals surface area (Å²) in [7, 11) is 0. The Kier molecular flexibility index (Phi) is 4.80. The molecular formula is C18H34N2O5+2. The molecule has 4 bridgehead atoms. The van der Waals surface area contributed by atoms with Crippen LogP contribution in [-0.2, 0) is 4.79 Å². The quantitative estimate of drug-likeness (QED) is 0.291. The Hall–Kier alpha value is -0.570. The number of rotatable bonds is 6. The van der Waals surface area contributed by atoms with E-state index in [1.165, 1.54) is 0 Å². The van der Waals surface area contributed by atoms with Gasteiger partial charge in [-0.1, -0.05) is 27.7 Å². The molecule has 0 aromatic heterocycles. The summed E-state index contributed by atoms with van der Waals surface area (Å²) in [5, 5.41) is 39.8. The van der Waals surface area contributed by atoms with Crippen LogP contribution in [0.25, 0.3) is 0 Å². The molecule has 0 saturated carbocycles. The second-order valence-corrected chi connectivity index (χ2v) is 9.18. The zero-order valence-corrected chi connectivity index (χ0v) is 15.7. The Balaban J connectivity index is 1.95. The molecule has 4 heterocycles. The zero-order valence-electron chi connectivity index (χ0n) is 15.7. The van der Waals surface area contributed by atoms with Gasteiger partial charge in [0.05, 0.1) is 6.61 Å². The highest BCUT2D eigenvalue weighted by Crippen LogP contribution is 2.44. The average Bonchev–Trinajstić information content (AvgIpc) is 2.55. The summed E-state index contributed by atoms with van der Waals surface area (Å²) < 4.78 is 0. The molecule has 0 aromatic carbocycles. The van der Waals surface area contributed by atoms with Crippen molar-refractivity contribution in [3.05, 3.63) is 0 Å². The summed E-state index contributed by atoms with van der Waals surface area (Å²) >= 11 is 0. The van der Waals surface area contributed by atoms with Crippen molar-refractivity contribution in [1.29, 1.82) is 0 Å². The van der Waals surface area contributed by atoms with Gasteiger partial charge in [0.2, 0.25) is 6.17 Å². The van der Waals surface area contributed by atoms with E-state index in [2.05, 4.69) is 27.7 Å². The Morgan fingerprint density at radius 1 is 0.960 bits per heavy atom. The van der Waals surface area contributed by atoms with E-state index in [0.717, 1.165) is 9.80 Å². The van der Waals surface area contributed by atoms with Gasteiger partial charge in [0.25, 0.3) is 0 Å². The molecule has 3 atom stereocenters. The number of piperidine rings is 2. The third-order valence-electron chi connectivity index (χ3n) is 7.44. The minimum atomic E-state index is -1.38. The molecule has 4 fully saturated rings. The van der Waals surface area contributed by atoms with Gasteiger partial charge in [-0.15, -0.1) is 0 Å². The van der Waals surface area contributed by atoms with Crippen LogP contribution in [0.15, 0.2) is 0 Å². The zero-order chi connectivity index (χ0) is 18.7. The third-order valence-corrected chi connectivity index (χ3v) is 7.44. The minimum absolute atomic E-state index is 0.231. The first-order valence-corrected chi connectivity index (χ1v) is 9.50. The van der Waals surface area contributed by atoms with Gasteiger partial charge in [-0.25, -0.2) is 0 Å². The van der Waals surface area contributed by atoms with E-state index in [0.29, 0.717) is 32.0 Å². The molecule has 0 unspecified atom stereocenters. The number of carbonyl (C=O) groups is 1. The van der Waals surface area contributed by atoms with E-state index in [1.807, 2.05) is 0 Å². The number of hydrogen-bond acceptors (Lipinski definition) is 5. The van der Waals surface area contributed by atoms with Crippen molar-refractivity contribution in [1.82, 2.24) is 0 Å². The van der Waals surface area contributed by atoms with Crippen LogP contribution in [0.5, 0.6) is 0 Å². The number of nitrogens with one attached hydrogen (secondary N) is 2. The Bertz CT molecular complexity index is 492. The normalized spacial score (nSPS) is 43.8. The molecule has 4 aliphatic heterocycles. The van der Waals surface area contributed by atoms with Crippen LogP contribution in [0.4, 0.5) is 0 Å². The first-order valence-electron chi connectivity index (χ1n) is 9.50. The molecule has 6 N–H and O–H groups in total. The summed E-state index contributed by atoms with van der Waals surface area (Å²) in [4.78, 5) is 15.7. The number of ketones is 1. The first kappa shape index (κ1) is 19.2. The minimum Gasteiger partial charge on any atom is -0.394 e. The van der Waals surface area contributed by atoms with Crippen molar-refractivity contribution in [2.75, 3.05) is 32.8 Å². The Labute approximate surface area is 149 Å². The van der Waals surface area contributed by atoms with Crippen molar-refractivity contribution in [3.63, 3.8) is 0 Å².